The molecule has 0 N–H and O–H groups in total. The van der Waals surface area contributed by atoms with Gasteiger partial charge in [0.1, 0.15) is 0 Å². The third-order valence-corrected chi connectivity index (χ3v) is 13.2. The molecule has 3 aromatic rings. The first kappa shape index (κ1) is 56.5. The van der Waals surface area contributed by atoms with E-state index in [0.29, 0.717) is 36.4 Å². The molecule has 6 nitrogen and oxygen atoms in total. The third-order valence-electron chi connectivity index (χ3n) is 8.26. The van der Waals surface area contributed by atoms with Gasteiger partial charge in [-0.2, -0.15) is 0 Å². The quantitative estimate of drug-likeness (QED) is 0.0602. The van der Waals surface area contributed by atoms with Gasteiger partial charge >= 0.3 is 354 Å². The van der Waals surface area contributed by atoms with Crippen molar-refractivity contribution in [2.45, 2.75) is 60.3 Å². The van der Waals surface area contributed by atoms with E-state index in [4.69, 9.17) is 9.05 Å². The second-order valence-electron chi connectivity index (χ2n) is 12.6. The van der Waals surface area contributed by atoms with Crippen LogP contribution in [-0.4, -0.2) is 73.6 Å². The normalized spacial score (nSPS) is 16.2. The van der Waals surface area contributed by atoms with E-state index in [-0.39, 0.29) is 0 Å². The Labute approximate surface area is 354 Å². The van der Waals surface area contributed by atoms with E-state index < -0.39 is 121 Å². The minimum atomic E-state index is -7.81. The molecule has 0 spiro atoms. The molecule has 0 fully saturated rings. The average molecular weight is 1050 g/mol. The molecule has 0 bridgehead atoms. The zero-order chi connectivity index (χ0) is 51.8. The summed E-state index contributed by atoms with van der Waals surface area (Å²) >= 11 is 0. The van der Waals surface area contributed by atoms with Crippen molar-refractivity contribution < 1.29 is 142 Å². The van der Waals surface area contributed by atoms with E-state index in [0.717, 1.165) is 54.6 Å². The number of ether oxygens (including phenoxy) is 4. The standard InChI is InChI=1S/C34H19F26O6P/c35-21(36)23(39)63-33(57,58)27(45,29(47,48)49)65-31(53,54)25(41,42)16-61-67(18-10-4-1-5-11-18,19-12-6-2-7-13-19,20-14-8-3-9-15-20)62-17-26(43,44)32(55,56)66-28(46,30(50,51)52)34(59,60)64-24(40)22(37)38/h1-15H,16-17H2. The molecule has 0 aromatic heterocycles. The summed E-state index contributed by atoms with van der Waals surface area (Å²) in [5.74, 6) is -29.4. The van der Waals surface area contributed by atoms with Crippen LogP contribution in [0.15, 0.2) is 115 Å². The van der Waals surface area contributed by atoms with Crippen LogP contribution in [0.3, 0.4) is 0 Å². The molecule has 3 aromatic carbocycles. The minimum absolute atomic E-state index is 0.512. The maximum absolute atomic E-state index is 15.7. The van der Waals surface area contributed by atoms with Gasteiger partial charge in [-0.05, 0) is 0 Å². The van der Waals surface area contributed by atoms with Gasteiger partial charge in [-0.15, -0.1) is 0 Å². The Balaban J connectivity index is 2.38. The van der Waals surface area contributed by atoms with Crippen molar-refractivity contribution in [1.29, 1.82) is 0 Å². The summed E-state index contributed by atoms with van der Waals surface area (Å²) in [5.41, 5.74) is 0. The summed E-state index contributed by atoms with van der Waals surface area (Å²) in [5, 5.41) is -3.45. The second kappa shape index (κ2) is 18.6. The molecule has 0 aliphatic heterocycles. The van der Waals surface area contributed by atoms with Crippen molar-refractivity contribution in [1.82, 2.24) is 0 Å². The van der Waals surface area contributed by atoms with Gasteiger partial charge in [0.25, 0.3) is 0 Å². The Bertz CT molecular complexity index is 2020. The molecule has 0 aliphatic carbocycles. The summed E-state index contributed by atoms with van der Waals surface area (Å²) in [6, 6.07) is 2.12. The summed E-state index contributed by atoms with van der Waals surface area (Å²) in [6.45, 7) is -7.20. The van der Waals surface area contributed by atoms with Crippen molar-refractivity contribution >= 4 is 23.0 Å². The van der Waals surface area contributed by atoms with Crippen LogP contribution in [0.2, 0.25) is 0 Å². The number of hydrogen-bond acceptors (Lipinski definition) is 6. The van der Waals surface area contributed by atoms with Gasteiger partial charge in [-0.25, -0.2) is 0 Å². The SMILES string of the molecule is FC(F)=C(F)OC(F)(F)C(F)(OC(F)(F)C(F)(F)COP(OCC(F)(F)C(F)(F)OC(F)(C(F)(F)F)C(F)(F)OC(F)=C(F)F)(c1ccccc1)(c1ccccc1)c1ccccc1)C(F)(F)F. The van der Waals surface area contributed by atoms with E-state index in [1.165, 1.54) is 0 Å². The molecule has 2 atom stereocenters. The van der Waals surface area contributed by atoms with Crippen molar-refractivity contribution in [2.24, 2.45) is 0 Å². The van der Waals surface area contributed by atoms with Crippen LogP contribution >= 0.6 is 7.06 Å². The molecule has 0 radical (unpaired) electrons. The summed E-state index contributed by atoms with van der Waals surface area (Å²) in [6.07, 6.45) is -53.9. The predicted molar refractivity (Wildman–Crippen MR) is 172 cm³/mol. The van der Waals surface area contributed by atoms with Crippen molar-refractivity contribution in [3.05, 3.63) is 115 Å². The zero-order valence-electron chi connectivity index (χ0n) is 31.3. The summed E-state index contributed by atoms with van der Waals surface area (Å²) in [7, 11) is -7.23. The molecule has 0 aliphatic rings. The first-order chi connectivity index (χ1) is 30.1. The molecule has 0 saturated carbocycles. The van der Waals surface area contributed by atoms with E-state index >= 15 is 35.1 Å². The molecule has 3 rings (SSSR count). The third kappa shape index (κ3) is 10.5. The Morgan fingerprint density at radius 3 is 0.806 bits per heavy atom. The van der Waals surface area contributed by atoms with Gasteiger partial charge in [0, 0.05) is 0 Å². The first-order valence-electron chi connectivity index (χ1n) is 16.6. The van der Waals surface area contributed by atoms with Crippen LogP contribution in [0, 0.1) is 0 Å². The van der Waals surface area contributed by atoms with Gasteiger partial charge in [0.05, 0.1) is 0 Å². The molecule has 0 amide bonds. The van der Waals surface area contributed by atoms with Crippen LogP contribution in [0.25, 0.3) is 0 Å². The fourth-order valence-electron chi connectivity index (χ4n) is 5.11. The van der Waals surface area contributed by atoms with Crippen molar-refractivity contribution in [2.75, 3.05) is 13.2 Å². The van der Waals surface area contributed by atoms with Gasteiger partial charge in [0.15, 0.2) is 0 Å². The van der Waals surface area contributed by atoms with E-state index in [1.807, 2.05) is 0 Å². The fraction of sp³-hybridized carbons (Fsp3) is 0.353. The number of halogens is 26. The van der Waals surface area contributed by atoms with Crippen molar-refractivity contribution in [3.8, 4) is 0 Å². The molecule has 33 heteroatoms. The van der Waals surface area contributed by atoms with Crippen LogP contribution in [0.4, 0.5) is 114 Å². The molecule has 0 saturated heterocycles. The van der Waals surface area contributed by atoms with Crippen LogP contribution in [0.1, 0.15) is 0 Å². The molecule has 2 unspecified atom stereocenters. The van der Waals surface area contributed by atoms with Gasteiger partial charge in [-0.1, -0.05) is 0 Å². The Hall–Kier alpha value is -4.81. The monoisotopic (exact) mass is 1050 g/mol. The van der Waals surface area contributed by atoms with Crippen LogP contribution in [-0.2, 0) is 28.0 Å². The van der Waals surface area contributed by atoms with Gasteiger partial charge in [-0.3, -0.25) is 0 Å². The Morgan fingerprint density at radius 1 is 0.358 bits per heavy atom. The molecular formula is C34H19F26O6P. The number of rotatable bonds is 21. The Kier molecular flexibility index (Phi) is 15.7. The van der Waals surface area contributed by atoms with E-state index in [2.05, 4.69) is 18.9 Å². The second-order valence-corrected chi connectivity index (χ2v) is 16.6. The molecule has 0 heterocycles. The van der Waals surface area contributed by atoms with Gasteiger partial charge < -0.3 is 0 Å². The van der Waals surface area contributed by atoms with Crippen LogP contribution in [0.5, 0.6) is 0 Å². The van der Waals surface area contributed by atoms with Crippen molar-refractivity contribution in [3.63, 3.8) is 0 Å². The molecular weight excluding hydrogens is 1030 g/mol. The first-order valence-corrected chi connectivity index (χ1v) is 18.7. The maximum atomic E-state index is 15.7. The Morgan fingerprint density at radius 2 is 0.597 bits per heavy atom. The zero-order valence-corrected chi connectivity index (χ0v) is 32.2. The van der Waals surface area contributed by atoms with E-state index in [9.17, 15) is 79.0 Å². The molecule has 67 heavy (non-hydrogen) atoms. The fourth-order valence-corrected chi connectivity index (χ4v) is 9.93. The van der Waals surface area contributed by atoms with E-state index in [1.54, 1.807) is 0 Å². The summed E-state index contributed by atoms with van der Waals surface area (Å²) < 4.78 is 386. The topological polar surface area (TPSA) is 55.4 Å². The van der Waals surface area contributed by atoms with Gasteiger partial charge in [0.2, 0.25) is 0 Å². The van der Waals surface area contributed by atoms with Crippen LogP contribution < -0.4 is 15.9 Å². The average Bonchev–Trinajstić information content (AvgIpc) is 3.20. The molecule has 378 valence electrons. The number of benzene rings is 3. The summed E-state index contributed by atoms with van der Waals surface area (Å²) in [4.78, 5) is 0. The number of alkyl halides is 20. The predicted octanol–water partition coefficient (Wildman–Crippen LogP) is 12.6. The number of hydrogen-bond donors (Lipinski definition) is 0.